The van der Waals surface area contributed by atoms with Crippen LogP contribution in [0.15, 0.2) is 28.8 Å². The Morgan fingerprint density at radius 3 is 2.73 bits per heavy atom. The smallest absolute Gasteiger partial charge is 0.257 e. The monoisotopic (exact) mass is 357 g/mol. The van der Waals surface area contributed by atoms with E-state index in [0.29, 0.717) is 42.8 Å². The van der Waals surface area contributed by atoms with Gasteiger partial charge in [-0.3, -0.25) is 4.79 Å². The van der Waals surface area contributed by atoms with Gasteiger partial charge in [-0.25, -0.2) is 0 Å². The first-order chi connectivity index (χ1) is 12.7. The Hall–Kier alpha value is -2.41. The highest BCUT2D eigenvalue weighted by molar-refractivity contribution is 5.97. The number of nitrogens with zero attached hydrogens (tertiary/aromatic N) is 3. The molecule has 138 valence electrons. The van der Waals surface area contributed by atoms with Gasteiger partial charge in [0.2, 0.25) is 0 Å². The summed E-state index contributed by atoms with van der Waals surface area (Å²) in [6, 6.07) is 7.33. The molecule has 2 heterocycles. The van der Waals surface area contributed by atoms with Crippen molar-refractivity contribution in [3.63, 3.8) is 0 Å². The Morgan fingerprint density at radius 2 is 2.00 bits per heavy atom. The number of amides is 1. The molecule has 1 aliphatic carbocycles. The number of piperidine rings is 1. The zero-order valence-corrected chi connectivity index (χ0v) is 14.9. The molecule has 0 unspecified atom stereocenters. The van der Waals surface area contributed by atoms with E-state index in [4.69, 9.17) is 14.0 Å². The molecule has 1 aromatic heterocycles. The lowest BCUT2D eigenvalue weighted by atomic mass is 10.1. The van der Waals surface area contributed by atoms with Crippen LogP contribution in [0.25, 0.3) is 0 Å². The number of carbonyl (C=O) groups is 1. The van der Waals surface area contributed by atoms with Gasteiger partial charge < -0.3 is 18.9 Å². The number of hydrogen-bond acceptors (Lipinski definition) is 6. The summed E-state index contributed by atoms with van der Waals surface area (Å²) in [6.45, 7) is 1.67. The van der Waals surface area contributed by atoms with Crippen molar-refractivity contribution in [2.75, 3.05) is 20.2 Å². The van der Waals surface area contributed by atoms with Gasteiger partial charge in [-0.15, -0.1) is 0 Å². The Morgan fingerprint density at radius 1 is 1.23 bits per heavy atom. The van der Waals surface area contributed by atoms with Crippen molar-refractivity contribution in [3.05, 3.63) is 41.5 Å². The molecular weight excluding hydrogens is 334 g/mol. The van der Waals surface area contributed by atoms with Crippen LogP contribution in [0.4, 0.5) is 0 Å². The van der Waals surface area contributed by atoms with Crippen molar-refractivity contribution in [2.45, 2.75) is 44.3 Å². The molecule has 2 aliphatic rings. The summed E-state index contributed by atoms with van der Waals surface area (Å²) < 4.78 is 16.4. The number of para-hydroxylation sites is 1. The molecule has 0 N–H and O–H groups in total. The lowest BCUT2D eigenvalue weighted by Gasteiger charge is -2.32. The van der Waals surface area contributed by atoms with Crippen LogP contribution in [-0.4, -0.2) is 47.3 Å². The quantitative estimate of drug-likeness (QED) is 0.791. The maximum absolute atomic E-state index is 12.7. The molecule has 0 spiro atoms. The van der Waals surface area contributed by atoms with E-state index < -0.39 is 0 Å². The third-order valence-corrected chi connectivity index (χ3v) is 4.94. The van der Waals surface area contributed by atoms with Crippen LogP contribution in [0.2, 0.25) is 0 Å². The predicted molar refractivity (Wildman–Crippen MR) is 93.0 cm³/mol. The molecule has 7 nitrogen and oxygen atoms in total. The Kier molecular flexibility index (Phi) is 4.88. The lowest BCUT2D eigenvalue weighted by molar-refractivity contribution is -0.00982. The van der Waals surface area contributed by atoms with E-state index in [1.165, 1.54) is 0 Å². The second-order valence-corrected chi connectivity index (χ2v) is 6.82. The summed E-state index contributed by atoms with van der Waals surface area (Å²) >= 11 is 0. The van der Waals surface area contributed by atoms with E-state index in [0.717, 1.165) is 31.5 Å². The predicted octanol–water partition coefficient (Wildman–Crippen LogP) is 2.78. The van der Waals surface area contributed by atoms with E-state index in [1.807, 2.05) is 23.1 Å². The number of benzene rings is 1. The van der Waals surface area contributed by atoms with E-state index in [1.54, 1.807) is 13.2 Å². The number of ether oxygens (including phenoxy) is 2. The average Bonchev–Trinajstić information content (AvgIpc) is 3.44. The van der Waals surface area contributed by atoms with Crippen LogP contribution in [0.5, 0.6) is 5.75 Å². The molecule has 1 aliphatic heterocycles. The van der Waals surface area contributed by atoms with Crippen LogP contribution in [0.3, 0.4) is 0 Å². The lowest BCUT2D eigenvalue weighted by Crippen LogP contribution is -2.41. The second-order valence-electron chi connectivity index (χ2n) is 6.82. The first-order valence-electron chi connectivity index (χ1n) is 9.11. The molecule has 1 aromatic carbocycles. The molecule has 1 saturated heterocycles. The highest BCUT2D eigenvalue weighted by Crippen LogP contribution is 2.38. The van der Waals surface area contributed by atoms with Gasteiger partial charge in [0.05, 0.1) is 18.8 Å². The second kappa shape index (κ2) is 7.45. The van der Waals surface area contributed by atoms with Gasteiger partial charge in [0.15, 0.2) is 5.82 Å². The van der Waals surface area contributed by atoms with Crippen molar-refractivity contribution >= 4 is 5.91 Å². The standard InChI is InChI=1S/C19H23N3O4/c1-24-16-5-3-2-4-15(16)19(23)22-10-8-14(9-11-22)25-12-17-20-18(21-26-17)13-6-7-13/h2-5,13-14H,6-12H2,1H3. The number of aromatic nitrogens is 2. The summed E-state index contributed by atoms with van der Waals surface area (Å²) in [4.78, 5) is 18.9. The van der Waals surface area contributed by atoms with Crippen LogP contribution in [0.1, 0.15) is 53.7 Å². The van der Waals surface area contributed by atoms with Gasteiger partial charge >= 0.3 is 0 Å². The zero-order valence-electron chi connectivity index (χ0n) is 14.9. The molecular formula is C19H23N3O4. The first kappa shape index (κ1) is 17.0. The normalized spacial score (nSPS) is 18.1. The molecule has 7 heteroatoms. The highest BCUT2D eigenvalue weighted by atomic mass is 16.5. The molecule has 4 rings (SSSR count). The molecule has 1 amide bonds. The van der Waals surface area contributed by atoms with Crippen molar-refractivity contribution < 1.29 is 18.8 Å². The number of hydrogen-bond donors (Lipinski definition) is 0. The Labute approximate surface area is 152 Å². The van der Waals surface area contributed by atoms with Crippen LogP contribution in [-0.2, 0) is 11.3 Å². The third-order valence-electron chi connectivity index (χ3n) is 4.94. The molecule has 0 atom stereocenters. The van der Waals surface area contributed by atoms with Gasteiger partial charge in [0.25, 0.3) is 11.8 Å². The zero-order chi connectivity index (χ0) is 17.9. The van der Waals surface area contributed by atoms with Gasteiger partial charge in [-0.2, -0.15) is 4.98 Å². The average molecular weight is 357 g/mol. The number of likely N-dealkylation sites (tertiary alicyclic amines) is 1. The summed E-state index contributed by atoms with van der Waals surface area (Å²) in [5.41, 5.74) is 0.604. The van der Waals surface area contributed by atoms with E-state index in [9.17, 15) is 4.79 Å². The fraction of sp³-hybridized carbons (Fsp3) is 0.526. The van der Waals surface area contributed by atoms with Gasteiger partial charge in [0.1, 0.15) is 12.4 Å². The Balaban J connectivity index is 1.27. The molecule has 2 aromatic rings. The molecule has 0 bridgehead atoms. The minimum absolute atomic E-state index is 0.00637. The maximum atomic E-state index is 12.7. The summed E-state index contributed by atoms with van der Waals surface area (Å²) in [5.74, 6) is 2.45. The van der Waals surface area contributed by atoms with Crippen molar-refractivity contribution in [1.82, 2.24) is 15.0 Å². The highest BCUT2D eigenvalue weighted by Gasteiger charge is 2.29. The fourth-order valence-electron chi connectivity index (χ4n) is 3.24. The molecule has 0 radical (unpaired) electrons. The van der Waals surface area contributed by atoms with Gasteiger partial charge in [-0.05, 0) is 37.8 Å². The minimum atomic E-state index is 0.00637. The summed E-state index contributed by atoms with van der Waals surface area (Å²) in [5, 5.41) is 4.00. The number of methoxy groups -OCH3 is 1. The van der Waals surface area contributed by atoms with Gasteiger partial charge in [0, 0.05) is 19.0 Å². The summed E-state index contributed by atoms with van der Waals surface area (Å²) in [7, 11) is 1.58. The molecule has 26 heavy (non-hydrogen) atoms. The number of rotatable bonds is 6. The van der Waals surface area contributed by atoms with Crippen molar-refractivity contribution in [1.29, 1.82) is 0 Å². The Bertz CT molecular complexity index is 764. The third kappa shape index (κ3) is 3.72. The van der Waals surface area contributed by atoms with E-state index in [2.05, 4.69) is 10.1 Å². The molecule has 2 fully saturated rings. The minimum Gasteiger partial charge on any atom is -0.496 e. The van der Waals surface area contributed by atoms with Crippen LogP contribution < -0.4 is 4.74 Å². The van der Waals surface area contributed by atoms with Crippen molar-refractivity contribution in [2.24, 2.45) is 0 Å². The maximum Gasteiger partial charge on any atom is 0.257 e. The molecule has 1 saturated carbocycles. The van der Waals surface area contributed by atoms with Crippen LogP contribution in [0, 0.1) is 0 Å². The topological polar surface area (TPSA) is 77.7 Å². The van der Waals surface area contributed by atoms with Crippen molar-refractivity contribution in [3.8, 4) is 5.75 Å². The van der Waals surface area contributed by atoms with Crippen LogP contribution >= 0.6 is 0 Å². The van der Waals surface area contributed by atoms with E-state index in [-0.39, 0.29) is 12.0 Å². The SMILES string of the molecule is COc1ccccc1C(=O)N1CCC(OCc2nc(C3CC3)no2)CC1. The largest absolute Gasteiger partial charge is 0.496 e. The van der Waals surface area contributed by atoms with Gasteiger partial charge in [-0.1, -0.05) is 17.3 Å². The number of carbonyl (C=O) groups excluding carboxylic acids is 1. The summed E-state index contributed by atoms with van der Waals surface area (Å²) in [6.07, 6.45) is 4.00. The van der Waals surface area contributed by atoms with E-state index >= 15 is 0 Å². The fourth-order valence-corrected chi connectivity index (χ4v) is 3.24. The first-order valence-corrected chi connectivity index (χ1v) is 9.11.